The van der Waals surface area contributed by atoms with Crippen molar-refractivity contribution in [1.29, 1.82) is 0 Å². The molecule has 1 fully saturated rings. The number of benzene rings is 1. The van der Waals surface area contributed by atoms with Crippen LogP contribution < -0.4 is 5.32 Å². The number of rotatable bonds is 7. The molecule has 1 atom stereocenters. The zero-order chi connectivity index (χ0) is 22.7. The van der Waals surface area contributed by atoms with E-state index in [9.17, 15) is 18.0 Å². The van der Waals surface area contributed by atoms with Gasteiger partial charge in [0.25, 0.3) is 0 Å². The fraction of sp³-hybridized carbons (Fsp3) is 0.417. The number of pyridine rings is 1. The highest BCUT2D eigenvalue weighted by molar-refractivity contribution is 5.77. The van der Waals surface area contributed by atoms with Crippen LogP contribution in [0.3, 0.4) is 0 Å². The van der Waals surface area contributed by atoms with Crippen LogP contribution in [0.1, 0.15) is 47.6 Å². The number of aryl methyl sites for hydroxylation is 1. The zero-order valence-electron chi connectivity index (χ0n) is 18.0. The number of alkyl halides is 3. The number of nitrogens with one attached hydrogen (secondary N) is 1. The average Bonchev–Trinajstić information content (AvgIpc) is 3.42. The van der Waals surface area contributed by atoms with E-state index in [1.165, 1.54) is 18.9 Å². The minimum absolute atomic E-state index is 0.0447. The highest BCUT2D eigenvalue weighted by Gasteiger charge is 2.32. The Morgan fingerprint density at radius 2 is 1.97 bits per heavy atom. The molecule has 0 radical (unpaired) electrons. The molecule has 1 aliphatic heterocycles. The molecule has 170 valence electrons. The molecular formula is C24H27F3N4O. The molecular weight excluding hydrogens is 417 g/mol. The van der Waals surface area contributed by atoms with E-state index >= 15 is 0 Å². The van der Waals surface area contributed by atoms with Crippen LogP contribution in [-0.2, 0) is 11.0 Å². The third kappa shape index (κ3) is 4.96. The molecule has 1 saturated heterocycles. The summed E-state index contributed by atoms with van der Waals surface area (Å²) in [6.45, 7) is 5.33. The number of carbonyl (C=O) groups is 1. The van der Waals surface area contributed by atoms with E-state index in [2.05, 4.69) is 15.2 Å². The van der Waals surface area contributed by atoms with Gasteiger partial charge in [0, 0.05) is 37.8 Å². The predicted molar refractivity (Wildman–Crippen MR) is 117 cm³/mol. The molecule has 1 aliphatic rings. The van der Waals surface area contributed by atoms with Gasteiger partial charge in [0.1, 0.15) is 5.65 Å². The van der Waals surface area contributed by atoms with Gasteiger partial charge in [0.2, 0.25) is 5.91 Å². The Bertz CT molecular complexity index is 1090. The van der Waals surface area contributed by atoms with Crippen molar-refractivity contribution in [2.45, 2.75) is 38.3 Å². The second-order valence-electron chi connectivity index (χ2n) is 8.35. The predicted octanol–water partition coefficient (Wildman–Crippen LogP) is 4.40. The van der Waals surface area contributed by atoms with Crippen LogP contribution in [0.4, 0.5) is 13.2 Å². The Morgan fingerprint density at radius 1 is 1.19 bits per heavy atom. The molecule has 5 nitrogen and oxygen atoms in total. The van der Waals surface area contributed by atoms with E-state index in [0.717, 1.165) is 43.0 Å². The van der Waals surface area contributed by atoms with E-state index in [4.69, 9.17) is 0 Å². The van der Waals surface area contributed by atoms with Gasteiger partial charge in [0.05, 0.1) is 11.3 Å². The van der Waals surface area contributed by atoms with Crippen molar-refractivity contribution in [3.05, 3.63) is 71.2 Å². The SMILES string of the molecule is Cc1cccn2c(C(CC(=O)NCCN3CCCC3)c3cccc(C(F)(F)F)c3)cnc12. The number of amides is 1. The lowest BCUT2D eigenvalue weighted by Crippen LogP contribution is -2.34. The van der Waals surface area contributed by atoms with Crippen LogP contribution in [0.5, 0.6) is 0 Å². The zero-order valence-corrected chi connectivity index (χ0v) is 18.0. The fourth-order valence-electron chi connectivity index (χ4n) is 4.37. The summed E-state index contributed by atoms with van der Waals surface area (Å²) in [5.74, 6) is -0.741. The van der Waals surface area contributed by atoms with Crippen molar-refractivity contribution in [3.63, 3.8) is 0 Å². The number of hydrogen-bond acceptors (Lipinski definition) is 3. The van der Waals surface area contributed by atoms with Gasteiger partial charge in [-0.1, -0.05) is 24.3 Å². The Kier molecular flexibility index (Phi) is 6.50. The van der Waals surface area contributed by atoms with E-state index in [-0.39, 0.29) is 12.3 Å². The Labute approximate surface area is 185 Å². The summed E-state index contributed by atoms with van der Waals surface area (Å²) < 4.78 is 41.9. The van der Waals surface area contributed by atoms with E-state index in [0.29, 0.717) is 17.8 Å². The lowest BCUT2D eigenvalue weighted by atomic mass is 9.91. The molecule has 32 heavy (non-hydrogen) atoms. The fourth-order valence-corrected chi connectivity index (χ4v) is 4.37. The second-order valence-corrected chi connectivity index (χ2v) is 8.35. The van der Waals surface area contributed by atoms with Gasteiger partial charge < -0.3 is 14.6 Å². The van der Waals surface area contributed by atoms with Crippen molar-refractivity contribution in [1.82, 2.24) is 19.6 Å². The standard InChI is InChI=1S/C24H27F3N4O/c1-17-6-5-12-31-21(16-29-23(17)31)20(18-7-4-8-19(14-18)24(25,26)27)15-22(32)28-9-13-30-10-2-3-11-30/h4-8,12,14,16,20H,2-3,9-11,13,15H2,1H3,(H,28,32). The van der Waals surface area contributed by atoms with Gasteiger partial charge in [-0.25, -0.2) is 4.98 Å². The van der Waals surface area contributed by atoms with Crippen LogP contribution in [0.25, 0.3) is 5.65 Å². The van der Waals surface area contributed by atoms with E-state index < -0.39 is 17.7 Å². The van der Waals surface area contributed by atoms with Crippen LogP contribution in [0.2, 0.25) is 0 Å². The molecule has 1 unspecified atom stereocenters. The first-order valence-corrected chi connectivity index (χ1v) is 10.9. The van der Waals surface area contributed by atoms with Crippen LogP contribution in [-0.4, -0.2) is 46.4 Å². The Balaban J connectivity index is 1.61. The highest BCUT2D eigenvalue weighted by atomic mass is 19.4. The summed E-state index contributed by atoms with van der Waals surface area (Å²) in [5.41, 5.74) is 2.10. The molecule has 0 saturated carbocycles. The summed E-state index contributed by atoms with van der Waals surface area (Å²) in [5, 5.41) is 2.94. The molecule has 8 heteroatoms. The lowest BCUT2D eigenvalue weighted by Gasteiger charge is -2.20. The monoisotopic (exact) mass is 444 g/mol. The molecule has 0 aliphatic carbocycles. The molecule has 3 aromatic rings. The maximum Gasteiger partial charge on any atom is 0.416 e. The number of imidazole rings is 1. The normalized spacial score (nSPS) is 15.9. The van der Waals surface area contributed by atoms with Gasteiger partial charge in [-0.3, -0.25) is 4.79 Å². The lowest BCUT2D eigenvalue weighted by molar-refractivity contribution is -0.137. The summed E-state index contributed by atoms with van der Waals surface area (Å²) in [6, 6.07) is 9.02. The summed E-state index contributed by atoms with van der Waals surface area (Å²) in [6.07, 6.45) is 1.44. The number of hydrogen-bond donors (Lipinski definition) is 1. The van der Waals surface area contributed by atoms with E-state index in [1.807, 2.05) is 29.7 Å². The first kappa shape index (κ1) is 22.3. The highest BCUT2D eigenvalue weighted by Crippen LogP contribution is 2.34. The van der Waals surface area contributed by atoms with Gasteiger partial charge in [-0.05, 0) is 56.1 Å². The first-order chi connectivity index (χ1) is 15.3. The summed E-state index contributed by atoms with van der Waals surface area (Å²) >= 11 is 0. The third-order valence-corrected chi connectivity index (χ3v) is 6.07. The molecule has 3 heterocycles. The van der Waals surface area contributed by atoms with E-state index in [1.54, 1.807) is 12.3 Å². The summed E-state index contributed by atoms with van der Waals surface area (Å²) in [4.78, 5) is 19.6. The maximum absolute atomic E-state index is 13.4. The van der Waals surface area contributed by atoms with Crippen molar-refractivity contribution in [3.8, 4) is 0 Å². The molecule has 1 amide bonds. The molecule has 2 aromatic heterocycles. The number of halogens is 3. The van der Waals surface area contributed by atoms with Crippen molar-refractivity contribution >= 4 is 11.6 Å². The molecule has 1 aromatic carbocycles. The minimum atomic E-state index is -4.45. The largest absolute Gasteiger partial charge is 0.416 e. The first-order valence-electron chi connectivity index (χ1n) is 10.9. The molecule has 1 N–H and O–H groups in total. The van der Waals surface area contributed by atoms with Gasteiger partial charge in [-0.2, -0.15) is 13.2 Å². The third-order valence-electron chi connectivity index (χ3n) is 6.07. The number of nitrogens with zero attached hydrogens (tertiary/aromatic N) is 3. The molecule has 0 spiro atoms. The molecule has 4 rings (SSSR count). The van der Waals surface area contributed by atoms with Crippen molar-refractivity contribution < 1.29 is 18.0 Å². The van der Waals surface area contributed by atoms with Crippen LogP contribution in [0.15, 0.2) is 48.8 Å². The second kappa shape index (κ2) is 9.32. The van der Waals surface area contributed by atoms with Crippen molar-refractivity contribution in [2.24, 2.45) is 0 Å². The average molecular weight is 445 g/mol. The number of likely N-dealkylation sites (tertiary alicyclic amines) is 1. The number of fused-ring (bicyclic) bond motifs is 1. The van der Waals surface area contributed by atoms with Crippen molar-refractivity contribution in [2.75, 3.05) is 26.2 Å². The van der Waals surface area contributed by atoms with Crippen LogP contribution >= 0.6 is 0 Å². The summed E-state index contributed by atoms with van der Waals surface area (Å²) in [7, 11) is 0. The van der Waals surface area contributed by atoms with Crippen LogP contribution in [0, 0.1) is 6.92 Å². The van der Waals surface area contributed by atoms with Gasteiger partial charge in [-0.15, -0.1) is 0 Å². The van der Waals surface area contributed by atoms with Gasteiger partial charge >= 0.3 is 6.18 Å². The minimum Gasteiger partial charge on any atom is -0.355 e. The Hall–Kier alpha value is -2.87. The Morgan fingerprint density at radius 3 is 2.72 bits per heavy atom. The molecule has 0 bridgehead atoms. The quantitative estimate of drug-likeness (QED) is 0.588. The smallest absolute Gasteiger partial charge is 0.355 e. The topological polar surface area (TPSA) is 49.6 Å². The number of carbonyl (C=O) groups excluding carboxylic acids is 1. The van der Waals surface area contributed by atoms with Gasteiger partial charge in [0.15, 0.2) is 0 Å². The maximum atomic E-state index is 13.4. The number of aromatic nitrogens is 2.